The van der Waals surface area contributed by atoms with Gasteiger partial charge in [-0.3, -0.25) is 14.9 Å². The van der Waals surface area contributed by atoms with E-state index < -0.39 is 10.8 Å². The number of amides is 1. The summed E-state index contributed by atoms with van der Waals surface area (Å²) in [6, 6.07) is 6.67. The van der Waals surface area contributed by atoms with Crippen molar-refractivity contribution in [2.24, 2.45) is 0 Å². The van der Waals surface area contributed by atoms with Crippen LogP contribution in [0.2, 0.25) is 0 Å². The molecule has 0 aliphatic rings. The van der Waals surface area contributed by atoms with E-state index in [9.17, 15) is 14.9 Å². The standard InChI is InChI=1S/C13H15N3O3/c1-10-6-5-7-11(12(10)16(18)19)13(17)15-9-4-2-3-8-14/h5-7H,2-4,9H2,1H3,(H,15,17). The van der Waals surface area contributed by atoms with Gasteiger partial charge in [0.05, 0.1) is 11.0 Å². The molecule has 0 radical (unpaired) electrons. The molecule has 0 saturated heterocycles. The van der Waals surface area contributed by atoms with E-state index in [1.165, 1.54) is 6.07 Å². The smallest absolute Gasteiger partial charge is 0.285 e. The van der Waals surface area contributed by atoms with Gasteiger partial charge in [0.1, 0.15) is 5.56 Å². The van der Waals surface area contributed by atoms with E-state index in [4.69, 9.17) is 5.26 Å². The molecule has 0 aromatic heterocycles. The SMILES string of the molecule is Cc1cccc(C(=O)NCCCCC#N)c1[N+](=O)[O-]. The fourth-order valence-electron chi connectivity index (χ4n) is 1.71. The minimum absolute atomic E-state index is 0.0743. The molecular formula is C13H15N3O3. The Morgan fingerprint density at radius 2 is 2.21 bits per heavy atom. The number of carbonyl (C=O) groups excluding carboxylic acids is 1. The number of hydrogen-bond donors (Lipinski definition) is 1. The number of rotatable bonds is 6. The molecule has 19 heavy (non-hydrogen) atoms. The number of benzene rings is 1. The lowest BCUT2D eigenvalue weighted by molar-refractivity contribution is -0.385. The lowest BCUT2D eigenvalue weighted by Gasteiger charge is -2.06. The van der Waals surface area contributed by atoms with Crippen molar-refractivity contribution in [1.29, 1.82) is 5.26 Å². The molecule has 0 atom stereocenters. The topological polar surface area (TPSA) is 96.0 Å². The van der Waals surface area contributed by atoms with Crippen LogP contribution in [-0.4, -0.2) is 17.4 Å². The van der Waals surface area contributed by atoms with Crippen LogP contribution in [0.5, 0.6) is 0 Å². The molecule has 1 N–H and O–H groups in total. The Morgan fingerprint density at radius 3 is 2.84 bits per heavy atom. The Balaban J connectivity index is 2.70. The van der Waals surface area contributed by atoms with E-state index in [0.29, 0.717) is 31.4 Å². The summed E-state index contributed by atoms with van der Waals surface area (Å²) in [5.74, 6) is -0.452. The third-order valence-corrected chi connectivity index (χ3v) is 2.67. The molecule has 100 valence electrons. The lowest BCUT2D eigenvalue weighted by Crippen LogP contribution is -2.25. The van der Waals surface area contributed by atoms with Crippen molar-refractivity contribution in [3.05, 3.63) is 39.4 Å². The summed E-state index contributed by atoms with van der Waals surface area (Å²) < 4.78 is 0. The highest BCUT2D eigenvalue weighted by Crippen LogP contribution is 2.22. The van der Waals surface area contributed by atoms with Gasteiger partial charge in [0.25, 0.3) is 11.6 Å². The zero-order valence-corrected chi connectivity index (χ0v) is 10.7. The van der Waals surface area contributed by atoms with Crippen LogP contribution in [-0.2, 0) is 0 Å². The molecule has 0 heterocycles. The predicted octanol–water partition coefficient (Wildman–Crippen LogP) is 2.33. The summed E-state index contributed by atoms with van der Waals surface area (Å²) in [6.07, 6.45) is 1.83. The van der Waals surface area contributed by atoms with Crippen molar-refractivity contribution in [2.45, 2.75) is 26.2 Å². The molecule has 0 aliphatic heterocycles. The number of para-hydroxylation sites is 1. The highest BCUT2D eigenvalue weighted by atomic mass is 16.6. The summed E-state index contributed by atoms with van der Waals surface area (Å²) in [4.78, 5) is 22.3. The normalized spacial score (nSPS) is 9.68. The number of nitro groups is 1. The molecule has 1 rings (SSSR count). The summed E-state index contributed by atoms with van der Waals surface area (Å²) in [7, 11) is 0. The van der Waals surface area contributed by atoms with Gasteiger partial charge in [0.15, 0.2) is 0 Å². The van der Waals surface area contributed by atoms with Gasteiger partial charge in [-0.1, -0.05) is 12.1 Å². The van der Waals surface area contributed by atoms with Crippen LogP contribution in [0.4, 0.5) is 5.69 Å². The third kappa shape index (κ3) is 4.07. The quantitative estimate of drug-likeness (QED) is 0.483. The maximum atomic E-state index is 11.9. The molecule has 1 aromatic rings. The van der Waals surface area contributed by atoms with Gasteiger partial charge in [0.2, 0.25) is 0 Å². The number of nitriles is 1. The number of nitro benzene ring substituents is 1. The molecule has 0 spiro atoms. The zero-order valence-electron chi connectivity index (χ0n) is 10.7. The Bertz CT molecular complexity index is 520. The number of aryl methyl sites for hydroxylation is 1. The minimum Gasteiger partial charge on any atom is -0.352 e. The highest BCUT2D eigenvalue weighted by molar-refractivity contribution is 5.98. The summed E-state index contributed by atoms with van der Waals surface area (Å²) >= 11 is 0. The van der Waals surface area contributed by atoms with Crippen LogP contribution in [0.25, 0.3) is 0 Å². The first-order valence-corrected chi connectivity index (χ1v) is 5.97. The molecule has 1 amide bonds. The predicted molar refractivity (Wildman–Crippen MR) is 69.6 cm³/mol. The average Bonchev–Trinajstić information content (AvgIpc) is 2.37. The van der Waals surface area contributed by atoms with Crippen molar-refractivity contribution in [1.82, 2.24) is 5.32 Å². The van der Waals surface area contributed by atoms with Crippen LogP contribution in [0.1, 0.15) is 35.2 Å². The van der Waals surface area contributed by atoms with Crippen molar-refractivity contribution in [2.75, 3.05) is 6.54 Å². The van der Waals surface area contributed by atoms with Crippen LogP contribution < -0.4 is 5.32 Å². The Labute approximate surface area is 111 Å². The maximum absolute atomic E-state index is 11.9. The first-order chi connectivity index (χ1) is 9.07. The van der Waals surface area contributed by atoms with Crippen LogP contribution in [0.15, 0.2) is 18.2 Å². The van der Waals surface area contributed by atoms with Gasteiger partial charge >= 0.3 is 0 Å². The summed E-state index contributed by atoms with van der Waals surface area (Å²) in [5.41, 5.74) is 0.379. The number of carbonyl (C=O) groups is 1. The lowest BCUT2D eigenvalue weighted by atomic mass is 10.1. The Hall–Kier alpha value is -2.42. The average molecular weight is 261 g/mol. The van der Waals surface area contributed by atoms with Gasteiger partial charge in [-0.05, 0) is 25.8 Å². The van der Waals surface area contributed by atoms with Crippen molar-refractivity contribution in [3.63, 3.8) is 0 Å². The molecule has 1 aromatic carbocycles. The van der Waals surface area contributed by atoms with Crippen molar-refractivity contribution in [3.8, 4) is 6.07 Å². The van der Waals surface area contributed by atoms with Gasteiger partial charge in [0, 0.05) is 18.5 Å². The van der Waals surface area contributed by atoms with E-state index in [1.807, 2.05) is 6.07 Å². The van der Waals surface area contributed by atoms with E-state index in [2.05, 4.69) is 5.32 Å². The Morgan fingerprint density at radius 1 is 1.47 bits per heavy atom. The molecule has 0 aliphatic carbocycles. The minimum atomic E-state index is -0.542. The first kappa shape index (κ1) is 14.6. The molecular weight excluding hydrogens is 246 g/mol. The fraction of sp³-hybridized carbons (Fsp3) is 0.385. The largest absolute Gasteiger partial charge is 0.352 e. The van der Waals surface area contributed by atoms with Gasteiger partial charge in [-0.2, -0.15) is 5.26 Å². The molecule has 0 saturated carbocycles. The van der Waals surface area contributed by atoms with Crippen LogP contribution in [0.3, 0.4) is 0 Å². The van der Waals surface area contributed by atoms with Crippen molar-refractivity contribution >= 4 is 11.6 Å². The number of unbranched alkanes of at least 4 members (excludes halogenated alkanes) is 2. The third-order valence-electron chi connectivity index (χ3n) is 2.67. The van der Waals surface area contributed by atoms with E-state index >= 15 is 0 Å². The molecule has 6 heteroatoms. The molecule has 0 fully saturated rings. The molecule has 6 nitrogen and oxygen atoms in total. The number of nitrogens with one attached hydrogen (secondary N) is 1. The van der Waals surface area contributed by atoms with Gasteiger partial charge in [-0.25, -0.2) is 0 Å². The second-order valence-electron chi connectivity index (χ2n) is 4.10. The zero-order chi connectivity index (χ0) is 14.3. The highest BCUT2D eigenvalue weighted by Gasteiger charge is 2.21. The second-order valence-corrected chi connectivity index (χ2v) is 4.10. The van der Waals surface area contributed by atoms with Crippen LogP contribution in [0, 0.1) is 28.4 Å². The maximum Gasteiger partial charge on any atom is 0.285 e. The molecule has 0 unspecified atom stereocenters. The monoisotopic (exact) mass is 261 g/mol. The summed E-state index contributed by atoms with van der Waals surface area (Å²) in [6.45, 7) is 2.01. The first-order valence-electron chi connectivity index (χ1n) is 5.97. The van der Waals surface area contributed by atoms with Gasteiger partial charge in [-0.15, -0.1) is 0 Å². The number of nitrogens with zero attached hydrogens (tertiary/aromatic N) is 2. The molecule has 0 bridgehead atoms. The van der Waals surface area contributed by atoms with E-state index in [1.54, 1.807) is 19.1 Å². The number of hydrogen-bond acceptors (Lipinski definition) is 4. The van der Waals surface area contributed by atoms with Gasteiger partial charge < -0.3 is 5.32 Å². The van der Waals surface area contributed by atoms with E-state index in [-0.39, 0.29) is 11.3 Å². The van der Waals surface area contributed by atoms with Crippen molar-refractivity contribution < 1.29 is 9.72 Å². The second kappa shape index (κ2) is 7.11. The Kier molecular flexibility index (Phi) is 5.48. The van der Waals surface area contributed by atoms with E-state index in [0.717, 1.165) is 0 Å². The fourth-order valence-corrected chi connectivity index (χ4v) is 1.71. The van der Waals surface area contributed by atoms with Crippen LogP contribution >= 0.6 is 0 Å². The summed E-state index contributed by atoms with van der Waals surface area (Å²) in [5, 5.41) is 21.9.